The zero-order valence-electron chi connectivity index (χ0n) is 11.4. The minimum absolute atomic E-state index is 0.0113. The Balaban J connectivity index is 2.19. The summed E-state index contributed by atoms with van der Waals surface area (Å²) >= 11 is 3.39. The van der Waals surface area contributed by atoms with Gasteiger partial charge in [0.25, 0.3) is 0 Å². The van der Waals surface area contributed by atoms with E-state index in [-0.39, 0.29) is 5.91 Å². The van der Waals surface area contributed by atoms with Crippen molar-refractivity contribution in [3.8, 4) is 0 Å². The predicted octanol–water partition coefficient (Wildman–Crippen LogP) is 4.26. The Hall–Kier alpha value is -1.16. The highest BCUT2D eigenvalue weighted by molar-refractivity contribution is 9.10. The Morgan fingerprint density at radius 1 is 1.32 bits per heavy atom. The van der Waals surface area contributed by atoms with Crippen LogP contribution in [0.15, 0.2) is 33.8 Å². The number of carbonyl (C=O) groups excluding carboxylic acids is 1. The molecule has 0 aliphatic carbocycles. The molecule has 0 fully saturated rings. The van der Waals surface area contributed by atoms with Gasteiger partial charge in [-0.3, -0.25) is 4.79 Å². The summed E-state index contributed by atoms with van der Waals surface area (Å²) < 4.78 is 0.999. The Morgan fingerprint density at radius 2 is 2.11 bits per heavy atom. The Morgan fingerprint density at radius 3 is 2.84 bits per heavy atom. The van der Waals surface area contributed by atoms with Crippen molar-refractivity contribution < 1.29 is 4.79 Å². The van der Waals surface area contributed by atoms with E-state index in [9.17, 15) is 4.79 Å². The molecule has 0 unspecified atom stereocenters. The first-order chi connectivity index (χ1) is 9.22. The van der Waals surface area contributed by atoms with Gasteiger partial charge in [0.1, 0.15) is 0 Å². The number of hydrogen-bond acceptors (Lipinski definition) is 2. The number of rotatable bonds is 8. The highest BCUT2D eigenvalue weighted by atomic mass is 79.9. The molecular weight excluding hydrogens is 304 g/mol. The summed E-state index contributed by atoms with van der Waals surface area (Å²) in [7, 11) is 0. The summed E-state index contributed by atoms with van der Waals surface area (Å²) in [5.74, 6) is -0.0113. The van der Waals surface area contributed by atoms with Crippen molar-refractivity contribution in [2.24, 2.45) is 5.10 Å². The van der Waals surface area contributed by atoms with Gasteiger partial charge in [-0.2, -0.15) is 5.10 Å². The number of nitrogens with one attached hydrogen (secondary N) is 1. The van der Waals surface area contributed by atoms with Gasteiger partial charge in [0.2, 0.25) is 5.91 Å². The standard InChI is InChI=1S/C15H21BrN2O/c1-2-3-4-5-6-10-15(19)18-17-12-13-8-7-9-14(16)11-13/h7-9,11-12H,2-6,10H2,1H3,(H,18,19)/b17-12+. The number of halogens is 1. The molecule has 0 bridgehead atoms. The van der Waals surface area contributed by atoms with Gasteiger partial charge in [-0.1, -0.05) is 60.7 Å². The number of hydrazone groups is 1. The van der Waals surface area contributed by atoms with Gasteiger partial charge in [-0.15, -0.1) is 0 Å². The number of unbranched alkanes of at least 4 members (excludes halogenated alkanes) is 4. The maximum atomic E-state index is 11.5. The molecule has 0 saturated heterocycles. The van der Waals surface area contributed by atoms with E-state index >= 15 is 0 Å². The predicted molar refractivity (Wildman–Crippen MR) is 83.3 cm³/mol. The van der Waals surface area contributed by atoms with Crippen molar-refractivity contribution in [2.75, 3.05) is 0 Å². The first kappa shape index (κ1) is 15.9. The lowest BCUT2D eigenvalue weighted by molar-refractivity contribution is -0.121. The first-order valence-corrected chi connectivity index (χ1v) is 7.59. The van der Waals surface area contributed by atoms with Crippen LogP contribution in [0.25, 0.3) is 0 Å². The van der Waals surface area contributed by atoms with Crippen LogP contribution in [0.4, 0.5) is 0 Å². The number of amides is 1. The van der Waals surface area contributed by atoms with Crippen LogP contribution >= 0.6 is 15.9 Å². The SMILES string of the molecule is CCCCCCCC(=O)N/N=C/c1cccc(Br)c1. The molecule has 0 atom stereocenters. The van der Waals surface area contributed by atoms with Gasteiger partial charge in [0, 0.05) is 10.9 Å². The smallest absolute Gasteiger partial charge is 0.240 e. The molecule has 0 saturated carbocycles. The average molecular weight is 325 g/mol. The molecule has 0 spiro atoms. The van der Waals surface area contributed by atoms with Crippen LogP contribution in [-0.4, -0.2) is 12.1 Å². The summed E-state index contributed by atoms with van der Waals surface area (Å²) in [6.07, 6.45) is 7.96. The molecule has 0 aromatic heterocycles. The van der Waals surface area contributed by atoms with Crippen LogP contribution in [0, 0.1) is 0 Å². The molecule has 1 aromatic carbocycles. The third-order valence-electron chi connectivity index (χ3n) is 2.76. The fourth-order valence-electron chi connectivity index (χ4n) is 1.71. The molecule has 4 heteroatoms. The van der Waals surface area contributed by atoms with Crippen LogP contribution in [0.5, 0.6) is 0 Å². The highest BCUT2D eigenvalue weighted by Crippen LogP contribution is 2.09. The van der Waals surface area contributed by atoms with Gasteiger partial charge in [-0.05, 0) is 24.1 Å². The monoisotopic (exact) mass is 324 g/mol. The fourth-order valence-corrected chi connectivity index (χ4v) is 2.13. The third-order valence-corrected chi connectivity index (χ3v) is 3.25. The molecule has 1 rings (SSSR count). The maximum Gasteiger partial charge on any atom is 0.240 e. The van der Waals surface area contributed by atoms with E-state index < -0.39 is 0 Å². The van der Waals surface area contributed by atoms with Crippen molar-refractivity contribution >= 4 is 28.1 Å². The maximum absolute atomic E-state index is 11.5. The summed E-state index contributed by atoms with van der Waals surface area (Å²) in [4.78, 5) is 11.5. The molecule has 104 valence electrons. The molecule has 0 aliphatic rings. The lowest BCUT2D eigenvalue weighted by atomic mass is 10.1. The number of carbonyl (C=O) groups is 1. The average Bonchev–Trinajstić information content (AvgIpc) is 2.38. The fraction of sp³-hybridized carbons (Fsp3) is 0.467. The largest absolute Gasteiger partial charge is 0.273 e. The van der Waals surface area contributed by atoms with Crippen LogP contribution in [-0.2, 0) is 4.79 Å². The van der Waals surface area contributed by atoms with E-state index in [1.54, 1.807) is 6.21 Å². The first-order valence-electron chi connectivity index (χ1n) is 6.80. The van der Waals surface area contributed by atoms with Gasteiger partial charge < -0.3 is 0 Å². The van der Waals surface area contributed by atoms with Gasteiger partial charge in [-0.25, -0.2) is 5.43 Å². The van der Waals surface area contributed by atoms with Crippen LogP contribution in [0.3, 0.4) is 0 Å². The number of hydrogen-bond donors (Lipinski definition) is 1. The topological polar surface area (TPSA) is 41.5 Å². The van der Waals surface area contributed by atoms with Crippen LogP contribution < -0.4 is 5.43 Å². The molecule has 0 aliphatic heterocycles. The van der Waals surface area contributed by atoms with E-state index in [1.807, 2.05) is 24.3 Å². The summed E-state index contributed by atoms with van der Waals surface area (Å²) in [6.45, 7) is 2.18. The van der Waals surface area contributed by atoms with E-state index in [4.69, 9.17) is 0 Å². The summed E-state index contributed by atoms with van der Waals surface area (Å²) in [5, 5.41) is 3.95. The van der Waals surface area contributed by atoms with E-state index in [0.717, 1.165) is 22.9 Å². The lowest BCUT2D eigenvalue weighted by Gasteiger charge is -2.00. The number of nitrogens with zero attached hydrogens (tertiary/aromatic N) is 1. The number of benzene rings is 1. The molecular formula is C15H21BrN2O. The quantitative estimate of drug-likeness (QED) is 0.433. The Bertz CT molecular complexity index is 418. The van der Waals surface area contributed by atoms with E-state index in [1.165, 1.54) is 19.3 Å². The minimum atomic E-state index is -0.0113. The van der Waals surface area contributed by atoms with Gasteiger partial charge >= 0.3 is 0 Å². The van der Waals surface area contributed by atoms with Gasteiger partial charge in [0.15, 0.2) is 0 Å². The summed E-state index contributed by atoms with van der Waals surface area (Å²) in [6, 6.07) is 7.76. The van der Waals surface area contributed by atoms with E-state index in [2.05, 4.69) is 33.4 Å². The molecule has 0 heterocycles. The molecule has 1 N–H and O–H groups in total. The second-order valence-electron chi connectivity index (χ2n) is 4.51. The zero-order chi connectivity index (χ0) is 13.9. The van der Waals surface area contributed by atoms with Crippen molar-refractivity contribution in [2.45, 2.75) is 45.4 Å². The Labute approximate surface area is 123 Å². The lowest BCUT2D eigenvalue weighted by Crippen LogP contribution is -2.16. The van der Waals surface area contributed by atoms with Crippen LogP contribution in [0.2, 0.25) is 0 Å². The van der Waals surface area contributed by atoms with Crippen molar-refractivity contribution in [3.05, 3.63) is 34.3 Å². The summed E-state index contributed by atoms with van der Waals surface area (Å²) in [5.41, 5.74) is 3.51. The van der Waals surface area contributed by atoms with Crippen LogP contribution in [0.1, 0.15) is 51.0 Å². The molecule has 1 amide bonds. The van der Waals surface area contributed by atoms with Crippen molar-refractivity contribution in [1.29, 1.82) is 0 Å². The van der Waals surface area contributed by atoms with Crippen molar-refractivity contribution in [1.82, 2.24) is 5.43 Å². The zero-order valence-corrected chi connectivity index (χ0v) is 12.9. The minimum Gasteiger partial charge on any atom is -0.273 e. The molecule has 19 heavy (non-hydrogen) atoms. The van der Waals surface area contributed by atoms with Gasteiger partial charge in [0.05, 0.1) is 6.21 Å². The second kappa shape index (κ2) is 9.73. The highest BCUT2D eigenvalue weighted by Gasteiger charge is 1.98. The normalized spacial score (nSPS) is 10.8. The molecule has 0 radical (unpaired) electrons. The van der Waals surface area contributed by atoms with Crippen molar-refractivity contribution in [3.63, 3.8) is 0 Å². The molecule has 1 aromatic rings. The second-order valence-corrected chi connectivity index (χ2v) is 5.43. The Kier molecular flexibility index (Phi) is 8.14. The van der Waals surface area contributed by atoms with E-state index in [0.29, 0.717) is 6.42 Å². The molecule has 3 nitrogen and oxygen atoms in total. The third kappa shape index (κ3) is 7.78.